The van der Waals surface area contributed by atoms with Crippen molar-refractivity contribution in [1.82, 2.24) is 0 Å². The van der Waals surface area contributed by atoms with Gasteiger partial charge in [-0.2, -0.15) is 0 Å². The molecule has 0 radical (unpaired) electrons. The van der Waals surface area contributed by atoms with Gasteiger partial charge in [0.1, 0.15) is 13.2 Å². The third kappa shape index (κ3) is 68.7. The van der Waals surface area contributed by atoms with Crippen LogP contribution in [0.3, 0.4) is 0 Å². The van der Waals surface area contributed by atoms with E-state index in [0.29, 0.717) is 19.3 Å². The number of hydrogen-bond acceptors (Lipinski definition) is 6. The van der Waals surface area contributed by atoms with Crippen molar-refractivity contribution in [3.05, 3.63) is 109 Å². The Morgan fingerprint density at radius 2 is 0.470 bits per heavy atom. The number of allylic oxidation sites excluding steroid dienone is 18. The molecule has 0 heterocycles. The molecule has 6 nitrogen and oxygen atoms in total. The Morgan fingerprint density at radius 3 is 0.783 bits per heavy atom. The molecule has 0 saturated carbocycles. The second-order valence-corrected chi connectivity index (χ2v) is 23.4. The molecule has 0 N–H and O–H groups in total. The van der Waals surface area contributed by atoms with Crippen molar-refractivity contribution >= 4 is 17.9 Å². The molecule has 1 atom stereocenters. The standard InChI is InChI=1S/C77H132O6/c1-4-7-10-13-16-19-22-25-27-29-31-33-35-37-38-40-41-43-45-47-49-52-55-58-61-64-67-70-76(79)82-73-74(72-81-75(78)69-66-63-60-57-54-51-24-21-18-15-12-9-6-3)83-77(80)71-68-65-62-59-56-53-50-48-46-44-42-39-36-34-32-30-28-26-23-20-17-14-11-8-5-2/h7,10,16,19,21,24-25,27,31,33,37-38,41,43,47,49,55,58,74H,4-6,8-9,11-15,17-18,20,22-23,26,28-30,32,34-36,39-40,42,44-46,48,50-54,56-57,59-73H2,1-3H3/b10-7-,19-16-,24-21-,27-25-,33-31-,38-37-,43-41-,49-47-,58-55-. The smallest absolute Gasteiger partial charge is 0.306 e. The average molecular weight is 1150 g/mol. The van der Waals surface area contributed by atoms with E-state index in [0.717, 1.165) is 116 Å². The van der Waals surface area contributed by atoms with E-state index in [2.05, 4.69) is 130 Å². The highest BCUT2D eigenvalue weighted by atomic mass is 16.6. The first-order valence-electron chi connectivity index (χ1n) is 35.4. The quantitative estimate of drug-likeness (QED) is 0.0261. The Morgan fingerprint density at radius 1 is 0.253 bits per heavy atom. The molecular weight excluding hydrogens is 1020 g/mol. The van der Waals surface area contributed by atoms with Crippen LogP contribution in [0.15, 0.2) is 109 Å². The molecule has 0 fully saturated rings. The zero-order valence-electron chi connectivity index (χ0n) is 54.7. The minimum Gasteiger partial charge on any atom is -0.462 e. The normalized spacial score (nSPS) is 12.8. The Balaban J connectivity index is 4.37. The number of carbonyl (C=O) groups excluding carboxylic acids is 3. The van der Waals surface area contributed by atoms with Crippen LogP contribution in [0.4, 0.5) is 0 Å². The van der Waals surface area contributed by atoms with Crippen LogP contribution in [0.25, 0.3) is 0 Å². The summed E-state index contributed by atoms with van der Waals surface area (Å²) < 4.78 is 16.9. The Kier molecular flexibility index (Phi) is 67.2. The van der Waals surface area contributed by atoms with E-state index < -0.39 is 6.10 Å². The maximum atomic E-state index is 13.0. The molecule has 0 saturated heterocycles. The zero-order valence-corrected chi connectivity index (χ0v) is 54.7. The number of ether oxygens (including phenoxy) is 3. The largest absolute Gasteiger partial charge is 0.462 e. The van der Waals surface area contributed by atoms with Gasteiger partial charge in [-0.15, -0.1) is 0 Å². The molecule has 0 amide bonds. The summed E-state index contributed by atoms with van der Waals surface area (Å²) in [6.07, 6.45) is 96.9. The van der Waals surface area contributed by atoms with Gasteiger partial charge >= 0.3 is 17.9 Å². The van der Waals surface area contributed by atoms with Crippen molar-refractivity contribution in [2.75, 3.05) is 13.2 Å². The lowest BCUT2D eigenvalue weighted by Gasteiger charge is -2.18. The van der Waals surface area contributed by atoms with Crippen LogP contribution in [-0.2, 0) is 28.6 Å². The van der Waals surface area contributed by atoms with Crippen molar-refractivity contribution in [1.29, 1.82) is 0 Å². The van der Waals surface area contributed by atoms with E-state index in [1.807, 2.05) is 0 Å². The van der Waals surface area contributed by atoms with Gasteiger partial charge in [0, 0.05) is 19.3 Å². The topological polar surface area (TPSA) is 78.9 Å². The molecule has 0 aliphatic heterocycles. The molecule has 0 rings (SSSR count). The minimum absolute atomic E-state index is 0.0945. The van der Waals surface area contributed by atoms with Crippen LogP contribution in [0.1, 0.15) is 342 Å². The fourth-order valence-corrected chi connectivity index (χ4v) is 9.99. The van der Waals surface area contributed by atoms with Crippen LogP contribution >= 0.6 is 0 Å². The van der Waals surface area contributed by atoms with Gasteiger partial charge in [0.2, 0.25) is 0 Å². The molecule has 0 aromatic rings. The molecule has 0 aliphatic rings. The third-order valence-corrected chi connectivity index (χ3v) is 15.3. The molecule has 0 spiro atoms. The molecule has 476 valence electrons. The summed E-state index contributed by atoms with van der Waals surface area (Å²) in [7, 11) is 0. The molecular formula is C77H132O6. The van der Waals surface area contributed by atoms with E-state index in [4.69, 9.17) is 14.2 Å². The summed E-state index contributed by atoms with van der Waals surface area (Å²) >= 11 is 0. The molecule has 1 unspecified atom stereocenters. The highest BCUT2D eigenvalue weighted by Crippen LogP contribution is 2.17. The summed E-state index contributed by atoms with van der Waals surface area (Å²) in [6.45, 7) is 6.51. The third-order valence-electron chi connectivity index (χ3n) is 15.3. The fraction of sp³-hybridized carbons (Fsp3) is 0.727. The van der Waals surface area contributed by atoms with Crippen molar-refractivity contribution in [3.8, 4) is 0 Å². The van der Waals surface area contributed by atoms with Crippen LogP contribution in [0.5, 0.6) is 0 Å². The minimum atomic E-state index is -0.801. The van der Waals surface area contributed by atoms with Gasteiger partial charge in [-0.05, 0) is 109 Å². The van der Waals surface area contributed by atoms with Crippen molar-refractivity contribution in [2.45, 2.75) is 348 Å². The van der Waals surface area contributed by atoms with Gasteiger partial charge in [-0.3, -0.25) is 14.4 Å². The van der Waals surface area contributed by atoms with E-state index in [1.54, 1.807) is 0 Å². The second kappa shape index (κ2) is 70.6. The maximum Gasteiger partial charge on any atom is 0.306 e. The first-order valence-corrected chi connectivity index (χ1v) is 35.4. The first kappa shape index (κ1) is 79.1. The van der Waals surface area contributed by atoms with E-state index in [-0.39, 0.29) is 31.1 Å². The SMILES string of the molecule is CC/C=C\C/C=C\C/C=C\C/C=C\C/C=C\C/C=C\C/C=C\C/C=C\CCCCC(=O)OCC(COC(=O)CCCCCCC/C=C\CCCCCC)OC(=O)CCCCCCCCCCCCCCCCCCCCCCCCCCC. The lowest BCUT2D eigenvalue weighted by atomic mass is 10.0. The van der Waals surface area contributed by atoms with Gasteiger partial charge in [0.25, 0.3) is 0 Å². The lowest BCUT2D eigenvalue weighted by Crippen LogP contribution is -2.30. The molecule has 6 heteroatoms. The van der Waals surface area contributed by atoms with E-state index in [1.165, 1.54) is 186 Å². The zero-order chi connectivity index (χ0) is 59.9. The molecule has 83 heavy (non-hydrogen) atoms. The summed E-state index contributed by atoms with van der Waals surface area (Å²) in [6, 6.07) is 0. The summed E-state index contributed by atoms with van der Waals surface area (Å²) in [4.78, 5) is 38.4. The average Bonchev–Trinajstić information content (AvgIpc) is 3.49. The summed E-state index contributed by atoms with van der Waals surface area (Å²) in [5.41, 5.74) is 0. The number of rotatable bonds is 64. The molecule has 0 aliphatic carbocycles. The van der Waals surface area contributed by atoms with Crippen LogP contribution in [0, 0.1) is 0 Å². The predicted molar refractivity (Wildman–Crippen MR) is 362 cm³/mol. The lowest BCUT2D eigenvalue weighted by molar-refractivity contribution is -0.167. The highest BCUT2D eigenvalue weighted by Gasteiger charge is 2.19. The van der Waals surface area contributed by atoms with Crippen molar-refractivity contribution in [3.63, 3.8) is 0 Å². The van der Waals surface area contributed by atoms with Crippen molar-refractivity contribution < 1.29 is 28.6 Å². The van der Waals surface area contributed by atoms with Gasteiger partial charge in [-0.25, -0.2) is 0 Å². The number of carbonyl (C=O) groups is 3. The Labute approximate surface area is 514 Å². The maximum absolute atomic E-state index is 13.0. The molecule has 0 aromatic heterocycles. The molecule has 0 aromatic carbocycles. The van der Waals surface area contributed by atoms with E-state index in [9.17, 15) is 14.4 Å². The van der Waals surface area contributed by atoms with Crippen molar-refractivity contribution in [2.24, 2.45) is 0 Å². The second-order valence-electron chi connectivity index (χ2n) is 23.4. The molecule has 0 bridgehead atoms. The number of hydrogen-bond donors (Lipinski definition) is 0. The first-order chi connectivity index (χ1) is 41.0. The summed E-state index contributed by atoms with van der Waals surface area (Å²) in [5.74, 6) is -0.934. The summed E-state index contributed by atoms with van der Waals surface area (Å²) in [5, 5.41) is 0. The Bertz CT molecular complexity index is 1660. The van der Waals surface area contributed by atoms with Gasteiger partial charge in [0.15, 0.2) is 6.10 Å². The van der Waals surface area contributed by atoms with Crippen LogP contribution in [-0.4, -0.2) is 37.2 Å². The number of esters is 3. The number of unbranched alkanes of at least 4 members (excludes halogenated alkanes) is 35. The van der Waals surface area contributed by atoms with Gasteiger partial charge in [-0.1, -0.05) is 323 Å². The highest BCUT2D eigenvalue weighted by molar-refractivity contribution is 5.71. The van der Waals surface area contributed by atoms with Crippen LogP contribution < -0.4 is 0 Å². The monoisotopic (exact) mass is 1150 g/mol. The van der Waals surface area contributed by atoms with Gasteiger partial charge in [0.05, 0.1) is 0 Å². The van der Waals surface area contributed by atoms with Crippen LogP contribution in [0.2, 0.25) is 0 Å². The fourth-order valence-electron chi connectivity index (χ4n) is 9.99. The Hall–Kier alpha value is -3.93. The predicted octanol–water partition coefficient (Wildman–Crippen LogP) is 24.6. The van der Waals surface area contributed by atoms with Gasteiger partial charge < -0.3 is 14.2 Å². The van der Waals surface area contributed by atoms with E-state index >= 15 is 0 Å².